The lowest BCUT2D eigenvalue weighted by molar-refractivity contribution is -0.125. The van der Waals surface area contributed by atoms with Crippen molar-refractivity contribution >= 4 is 34.2 Å². The summed E-state index contributed by atoms with van der Waals surface area (Å²) in [5.74, 6) is 0.409. The minimum absolute atomic E-state index is 0.0250. The maximum atomic E-state index is 13.1. The van der Waals surface area contributed by atoms with Crippen molar-refractivity contribution in [2.45, 2.75) is 33.2 Å². The van der Waals surface area contributed by atoms with Crippen LogP contribution in [0.25, 0.3) is 16.6 Å². The van der Waals surface area contributed by atoms with Crippen molar-refractivity contribution in [3.63, 3.8) is 0 Å². The fourth-order valence-electron chi connectivity index (χ4n) is 4.65. The van der Waals surface area contributed by atoms with Gasteiger partial charge in [0, 0.05) is 30.6 Å². The zero-order chi connectivity index (χ0) is 24.5. The molecule has 1 amide bonds. The van der Waals surface area contributed by atoms with Gasteiger partial charge in [-0.3, -0.25) is 4.79 Å². The predicted molar refractivity (Wildman–Crippen MR) is 134 cm³/mol. The Morgan fingerprint density at radius 2 is 1.74 bits per heavy atom. The monoisotopic (exact) mass is 492 g/mol. The van der Waals surface area contributed by atoms with E-state index in [0.717, 1.165) is 39.4 Å². The number of rotatable bonds is 5. The SMILES string of the molecule is Cc1nnc(N2CCC(C(=O)NCc3ccc(F)cc3)CC2)c2nn(-c3ccc(Cl)cc3)c(C)c12. The highest BCUT2D eigenvalue weighted by Gasteiger charge is 2.28. The summed E-state index contributed by atoms with van der Waals surface area (Å²) in [4.78, 5) is 14.9. The molecule has 2 aromatic carbocycles. The van der Waals surface area contributed by atoms with Crippen molar-refractivity contribution < 1.29 is 9.18 Å². The molecule has 1 aliphatic rings. The predicted octanol–water partition coefficient (Wildman–Crippen LogP) is 4.76. The van der Waals surface area contributed by atoms with E-state index in [2.05, 4.69) is 20.4 Å². The number of amides is 1. The van der Waals surface area contributed by atoms with E-state index in [4.69, 9.17) is 16.7 Å². The Labute approximate surface area is 207 Å². The molecule has 0 unspecified atom stereocenters. The van der Waals surface area contributed by atoms with Gasteiger partial charge >= 0.3 is 0 Å². The first-order valence-electron chi connectivity index (χ1n) is 11.7. The van der Waals surface area contributed by atoms with Crippen molar-refractivity contribution in [3.05, 3.63) is 76.3 Å². The molecular weight excluding hydrogens is 467 g/mol. The summed E-state index contributed by atoms with van der Waals surface area (Å²) in [6, 6.07) is 13.7. The minimum atomic E-state index is -0.283. The maximum Gasteiger partial charge on any atom is 0.223 e. The summed E-state index contributed by atoms with van der Waals surface area (Å²) in [6.45, 7) is 5.74. The van der Waals surface area contributed by atoms with Crippen LogP contribution in [0.1, 0.15) is 29.8 Å². The second-order valence-electron chi connectivity index (χ2n) is 8.91. The molecule has 1 saturated heterocycles. The normalized spacial score (nSPS) is 14.5. The number of benzene rings is 2. The molecule has 0 bridgehead atoms. The van der Waals surface area contributed by atoms with E-state index in [1.165, 1.54) is 12.1 Å². The van der Waals surface area contributed by atoms with E-state index in [1.54, 1.807) is 12.1 Å². The van der Waals surface area contributed by atoms with Crippen LogP contribution in [0.5, 0.6) is 0 Å². The standard InChI is InChI=1S/C26H26ClFN6O/c1-16-23-17(2)34(22-9-5-20(27)6-10-22)32-24(23)25(31-30-16)33-13-11-19(12-14-33)26(35)29-15-18-3-7-21(28)8-4-18/h3-10,19H,11-15H2,1-2H3,(H,29,35). The van der Waals surface area contributed by atoms with Gasteiger partial charge in [0.15, 0.2) is 5.82 Å². The van der Waals surface area contributed by atoms with Gasteiger partial charge in [0.2, 0.25) is 5.91 Å². The van der Waals surface area contributed by atoms with E-state index in [-0.39, 0.29) is 17.6 Å². The second kappa shape index (κ2) is 9.62. The number of aromatic nitrogens is 4. The Balaban J connectivity index is 1.31. The van der Waals surface area contributed by atoms with Gasteiger partial charge in [-0.2, -0.15) is 10.2 Å². The van der Waals surface area contributed by atoms with E-state index < -0.39 is 0 Å². The van der Waals surface area contributed by atoms with Gasteiger partial charge in [-0.15, -0.1) is 5.10 Å². The number of hydrogen-bond acceptors (Lipinski definition) is 5. The van der Waals surface area contributed by atoms with Gasteiger partial charge in [0.1, 0.15) is 11.3 Å². The van der Waals surface area contributed by atoms with Gasteiger partial charge in [-0.05, 0) is 68.7 Å². The zero-order valence-corrected chi connectivity index (χ0v) is 20.4. The van der Waals surface area contributed by atoms with Gasteiger partial charge < -0.3 is 10.2 Å². The number of fused-ring (bicyclic) bond motifs is 1. The van der Waals surface area contributed by atoms with Crippen LogP contribution in [0.2, 0.25) is 5.02 Å². The molecular formula is C26H26ClFN6O. The van der Waals surface area contributed by atoms with Crippen LogP contribution in [-0.2, 0) is 11.3 Å². The number of anilines is 1. The summed E-state index contributed by atoms with van der Waals surface area (Å²) in [5.41, 5.74) is 4.43. The quantitative estimate of drug-likeness (QED) is 0.435. The molecule has 0 radical (unpaired) electrons. The summed E-state index contributed by atoms with van der Waals surface area (Å²) in [7, 11) is 0. The zero-order valence-electron chi connectivity index (χ0n) is 19.6. The third-order valence-electron chi connectivity index (χ3n) is 6.60. The van der Waals surface area contributed by atoms with Gasteiger partial charge in [-0.25, -0.2) is 9.07 Å². The Morgan fingerprint density at radius 3 is 2.43 bits per heavy atom. The Bertz CT molecular complexity index is 1360. The van der Waals surface area contributed by atoms with Crippen molar-refractivity contribution in [2.75, 3.05) is 18.0 Å². The van der Waals surface area contributed by atoms with Crippen molar-refractivity contribution in [3.8, 4) is 5.69 Å². The maximum absolute atomic E-state index is 13.1. The third-order valence-corrected chi connectivity index (χ3v) is 6.85. The van der Waals surface area contributed by atoms with Crippen molar-refractivity contribution in [1.82, 2.24) is 25.3 Å². The number of nitrogens with one attached hydrogen (secondary N) is 1. The highest BCUT2D eigenvalue weighted by molar-refractivity contribution is 6.30. The van der Waals surface area contributed by atoms with Crippen LogP contribution in [0, 0.1) is 25.6 Å². The molecule has 7 nitrogen and oxygen atoms in total. The molecule has 1 aliphatic heterocycles. The lowest BCUT2D eigenvalue weighted by Crippen LogP contribution is -2.40. The molecule has 5 rings (SSSR count). The first-order chi connectivity index (χ1) is 16.9. The molecule has 1 N–H and O–H groups in total. The van der Waals surface area contributed by atoms with E-state index in [1.807, 2.05) is 42.8 Å². The van der Waals surface area contributed by atoms with E-state index in [0.29, 0.717) is 37.5 Å². The molecule has 1 fully saturated rings. The van der Waals surface area contributed by atoms with Gasteiger partial charge in [0.25, 0.3) is 0 Å². The summed E-state index contributed by atoms with van der Waals surface area (Å²) >= 11 is 6.06. The molecule has 0 atom stereocenters. The fraction of sp³-hybridized carbons (Fsp3) is 0.308. The Hall–Kier alpha value is -3.52. The van der Waals surface area contributed by atoms with Gasteiger partial charge in [-0.1, -0.05) is 23.7 Å². The van der Waals surface area contributed by atoms with Crippen molar-refractivity contribution in [1.29, 1.82) is 0 Å². The number of aryl methyl sites for hydroxylation is 2. The molecule has 180 valence electrons. The van der Waals surface area contributed by atoms with Crippen LogP contribution >= 0.6 is 11.6 Å². The molecule has 9 heteroatoms. The van der Waals surface area contributed by atoms with Gasteiger partial charge in [0.05, 0.1) is 22.5 Å². The number of carbonyl (C=O) groups excluding carboxylic acids is 1. The van der Waals surface area contributed by atoms with E-state index in [9.17, 15) is 9.18 Å². The van der Waals surface area contributed by atoms with Crippen LogP contribution in [0.4, 0.5) is 10.2 Å². The van der Waals surface area contributed by atoms with Crippen LogP contribution < -0.4 is 10.2 Å². The molecule has 0 aliphatic carbocycles. The lowest BCUT2D eigenvalue weighted by atomic mass is 9.95. The van der Waals surface area contributed by atoms with E-state index >= 15 is 0 Å². The Morgan fingerprint density at radius 1 is 1.06 bits per heavy atom. The van der Waals surface area contributed by atoms with Crippen LogP contribution in [0.3, 0.4) is 0 Å². The van der Waals surface area contributed by atoms with Crippen LogP contribution in [-0.4, -0.2) is 39.0 Å². The number of halogens is 2. The van der Waals surface area contributed by atoms with Crippen LogP contribution in [0.15, 0.2) is 48.5 Å². The first-order valence-corrected chi connectivity index (χ1v) is 12.0. The number of hydrogen-bond donors (Lipinski definition) is 1. The topological polar surface area (TPSA) is 75.9 Å². The van der Waals surface area contributed by atoms with Crippen molar-refractivity contribution in [2.24, 2.45) is 5.92 Å². The highest BCUT2D eigenvalue weighted by Crippen LogP contribution is 2.31. The molecule has 0 saturated carbocycles. The molecule has 2 aromatic heterocycles. The second-order valence-corrected chi connectivity index (χ2v) is 9.35. The largest absolute Gasteiger partial charge is 0.353 e. The number of carbonyl (C=O) groups is 1. The lowest BCUT2D eigenvalue weighted by Gasteiger charge is -2.32. The number of nitrogens with zero attached hydrogens (tertiary/aromatic N) is 5. The molecule has 0 spiro atoms. The Kier molecular flexibility index (Phi) is 6.38. The smallest absolute Gasteiger partial charge is 0.223 e. The molecule has 3 heterocycles. The average Bonchev–Trinajstić information content (AvgIpc) is 3.22. The summed E-state index contributed by atoms with van der Waals surface area (Å²) in [5, 5.41) is 18.4. The number of piperidine rings is 1. The fourth-order valence-corrected chi connectivity index (χ4v) is 4.77. The molecule has 4 aromatic rings. The summed E-state index contributed by atoms with van der Waals surface area (Å²) < 4.78 is 15.0. The first kappa shape index (κ1) is 23.2. The highest BCUT2D eigenvalue weighted by atomic mass is 35.5. The summed E-state index contributed by atoms with van der Waals surface area (Å²) in [6.07, 6.45) is 1.42. The molecule has 35 heavy (non-hydrogen) atoms. The third kappa shape index (κ3) is 4.71. The average molecular weight is 493 g/mol. The minimum Gasteiger partial charge on any atom is -0.353 e.